The van der Waals surface area contributed by atoms with Crippen molar-refractivity contribution in [3.63, 3.8) is 0 Å². The van der Waals surface area contributed by atoms with Crippen LogP contribution in [-0.4, -0.2) is 148 Å². The number of halogens is 1. The van der Waals surface area contributed by atoms with Crippen LogP contribution in [0.1, 0.15) is 81.1 Å². The molecule has 0 bridgehead atoms. The number of alkyl halides is 1. The van der Waals surface area contributed by atoms with Crippen molar-refractivity contribution < 1.29 is 52.4 Å². The van der Waals surface area contributed by atoms with Crippen LogP contribution in [0.4, 0.5) is 9.18 Å². The number of aliphatic hydroxyl groups excluding tert-OH is 1. The van der Waals surface area contributed by atoms with Crippen molar-refractivity contribution in [2.75, 3.05) is 34.9 Å². The Morgan fingerprint density at radius 1 is 1.11 bits per heavy atom. The van der Waals surface area contributed by atoms with Crippen LogP contribution in [0.2, 0.25) is 0 Å². The molecule has 1 amide bonds. The van der Waals surface area contributed by atoms with Gasteiger partial charge in [-0.3, -0.25) is 9.78 Å². The summed E-state index contributed by atoms with van der Waals surface area (Å²) in [5.74, 6) is -5.01. The molecule has 0 radical (unpaired) electrons. The minimum atomic E-state index is -3.17. The number of hydrogen-bond donors (Lipinski definition) is 2. The third-order valence-corrected chi connectivity index (χ3v) is 12.8. The number of aromatic nitrogens is 3. The number of esters is 1. The number of hydrazine groups is 1. The minimum Gasteiger partial charge on any atom is -0.455 e. The number of carbonyl (C=O) groups excluding carboxylic acids is 3. The van der Waals surface area contributed by atoms with Crippen molar-refractivity contribution in [3.8, 4) is 11.3 Å². The van der Waals surface area contributed by atoms with E-state index in [2.05, 4.69) is 20.5 Å². The Hall–Kier alpha value is -4.07. The van der Waals surface area contributed by atoms with Crippen molar-refractivity contribution >= 4 is 23.6 Å². The fourth-order valence-electron chi connectivity index (χ4n) is 9.43. The van der Waals surface area contributed by atoms with Gasteiger partial charge in [-0.15, -0.1) is 0 Å². The molecule has 340 valence electrons. The third kappa shape index (κ3) is 9.94. The van der Waals surface area contributed by atoms with E-state index in [1.54, 1.807) is 39.5 Å². The number of carbonyl (C=O) groups is 3. The highest BCUT2D eigenvalue weighted by atomic mass is 19.1. The lowest BCUT2D eigenvalue weighted by molar-refractivity contribution is -0.295. The van der Waals surface area contributed by atoms with Crippen molar-refractivity contribution in [3.05, 3.63) is 37.1 Å². The molecule has 13 atom stereocenters. The molecular formula is C43H66FN7O10. The molecular weight excluding hydrogens is 794 g/mol. The largest absolute Gasteiger partial charge is 0.455 e. The second-order valence-electron chi connectivity index (χ2n) is 17.6. The number of imidazole rings is 1. The molecule has 5 heterocycles. The van der Waals surface area contributed by atoms with Gasteiger partial charge in [0.2, 0.25) is 0 Å². The molecule has 3 saturated heterocycles. The first-order chi connectivity index (χ1) is 28.7. The number of fused-ring (bicyclic) bond motifs is 1. The van der Waals surface area contributed by atoms with E-state index in [4.69, 9.17) is 28.5 Å². The van der Waals surface area contributed by atoms with Gasteiger partial charge < -0.3 is 43.1 Å². The van der Waals surface area contributed by atoms with Crippen LogP contribution in [0.15, 0.2) is 42.2 Å². The average molecular weight is 860 g/mol. The van der Waals surface area contributed by atoms with Crippen LogP contribution in [0.25, 0.3) is 11.3 Å². The number of methoxy groups -OCH3 is 1. The molecule has 17 nitrogen and oxygen atoms in total. The minimum absolute atomic E-state index is 0.105. The van der Waals surface area contributed by atoms with Gasteiger partial charge in [0.25, 0.3) is 5.67 Å². The smallest absolute Gasteiger partial charge is 0.425 e. The van der Waals surface area contributed by atoms with Crippen LogP contribution in [-0.2, 0) is 44.7 Å². The number of nitrogens with one attached hydrogen (secondary N) is 1. The molecule has 2 N–H and O–H groups in total. The zero-order valence-electron chi connectivity index (χ0n) is 37.7. The number of oxime groups is 1. The standard InChI is InChI=1S/C43H66FN7O10/c1-13-32-43(8)35(51(40(55)61-43)47-18-15-19-50-23-30(46-24-50)29-16-14-17-45-22-29)27(4)33(48-57-12)25(2)21-41(6,56-11)37(28(5)36(53)42(7,44)39(54)59-32)60-38-34(52)31(49(9)10)20-26(3)58-38/h14,16-17,22-28,31-32,34-35,37-38,47,52H,13,15,18-21H2,1-12H3/b48-33+/t25?,26-,27?,28+,31+,32-,34?,35?,37?,38?,41+,42+,43-/m1/s1. The number of ether oxygens (including phenoxy) is 5. The van der Waals surface area contributed by atoms with E-state index >= 15 is 4.39 Å². The van der Waals surface area contributed by atoms with E-state index in [1.165, 1.54) is 26.2 Å². The number of ketones is 1. The number of cyclic esters (lactones) is 1. The summed E-state index contributed by atoms with van der Waals surface area (Å²) in [7, 11) is 6.55. The predicted octanol–water partition coefficient (Wildman–Crippen LogP) is 4.57. The fourth-order valence-corrected chi connectivity index (χ4v) is 9.43. The Morgan fingerprint density at radius 2 is 1.84 bits per heavy atom. The molecule has 61 heavy (non-hydrogen) atoms. The highest BCUT2D eigenvalue weighted by Crippen LogP contribution is 2.43. The number of Topliss-reactive ketones (excluding diaryl/α,β-unsaturated/α-hetero) is 1. The van der Waals surface area contributed by atoms with E-state index in [9.17, 15) is 19.5 Å². The van der Waals surface area contributed by atoms with Gasteiger partial charge in [0.1, 0.15) is 25.4 Å². The van der Waals surface area contributed by atoms with E-state index in [1.807, 2.05) is 62.7 Å². The first-order valence-electron chi connectivity index (χ1n) is 21.2. The predicted molar refractivity (Wildman–Crippen MR) is 223 cm³/mol. The SMILES string of the molecule is CC[C@H]1OC(=O)[C@@](C)(F)C(=O)[C@H](C)C(OC2O[C@H](C)C[C@H](N(C)C)C2O)[C@@](C)(OC)CC(C)/C(=N\OC)C(C)C2N(NCCCn3cnc(-c4cccnc4)c3)C(=O)O[C@@]21C. The number of likely N-dealkylation sites (N-methyl/N-ethyl adjacent to an activating group) is 1. The Kier molecular flexibility index (Phi) is 15.4. The Labute approximate surface area is 358 Å². The van der Waals surface area contributed by atoms with Crippen molar-refractivity contribution in [1.82, 2.24) is 29.9 Å². The maximum atomic E-state index is 17.0. The Balaban J connectivity index is 1.51. The molecule has 0 saturated carbocycles. The van der Waals surface area contributed by atoms with Crippen LogP contribution in [0, 0.1) is 17.8 Å². The summed E-state index contributed by atoms with van der Waals surface area (Å²) in [5, 5.41) is 17.4. The number of pyridine rings is 1. The molecule has 3 aliphatic rings. The molecule has 0 aromatic carbocycles. The molecule has 3 fully saturated rings. The summed E-state index contributed by atoms with van der Waals surface area (Å²) in [6, 6.07) is 2.54. The van der Waals surface area contributed by atoms with Crippen LogP contribution in [0.3, 0.4) is 0 Å². The van der Waals surface area contributed by atoms with Gasteiger partial charge in [-0.25, -0.2) is 29.4 Å². The van der Waals surface area contributed by atoms with Crippen molar-refractivity contribution in [1.29, 1.82) is 0 Å². The van der Waals surface area contributed by atoms with E-state index in [0.717, 1.165) is 18.2 Å². The van der Waals surface area contributed by atoms with E-state index in [0.29, 0.717) is 31.6 Å². The summed E-state index contributed by atoms with van der Waals surface area (Å²) in [6.07, 6.45) is 2.54. The van der Waals surface area contributed by atoms with Crippen LogP contribution in [0.5, 0.6) is 0 Å². The van der Waals surface area contributed by atoms with Gasteiger partial charge in [-0.1, -0.05) is 32.9 Å². The number of amides is 1. The number of aryl methyl sites for hydroxylation is 1. The highest BCUT2D eigenvalue weighted by molar-refractivity contribution is 6.08. The first-order valence-corrected chi connectivity index (χ1v) is 21.2. The van der Waals surface area contributed by atoms with Gasteiger partial charge in [-0.05, 0) is 79.6 Å². The second-order valence-corrected chi connectivity index (χ2v) is 17.6. The molecule has 5 rings (SSSR count). The fraction of sp³-hybridized carbons (Fsp3) is 0.721. The Bertz CT molecular complexity index is 1850. The van der Waals surface area contributed by atoms with Gasteiger partial charge in [0.15, 0.2) is 17.7 Å². The maximum absolute atomic E-state index is 17.0. The monoisotopic (exact) mass is 859 g/mol. The van der Waals surface area contributed by atoms with E-state index < -0.39 is 83.1 Å². The molecule has 3 aliphatic heterocycles. The number of rotatable bonds is 12. The quantitative estimate of drug-likeness (QED) is 0.131. The van der Waals surface area contributed by atoms with Gasteiger partial charge >= 0.3 is 12.1 Å². The summed E-state index contributed by atoms with van der Waals surface area (Å²) in [6.45, 7) is 14.0. The van der Waals surface area contributed by atoms with E-state index in [-0.39, 0.29) is 25.0 Å². The zero-order chi connectivity index (χ0) is 45.0. The topological polar surface area (TPSA) is 188 Å². The van der Waals surface area contributed by atoms with Crippen molar-refractivity contribution in [2.45, 2.75) is 147 Å². The molecule has 2 aromatic heterocycles. The molecule has 2 aromatic rings. The normalized spacial score (nSPS) is 37.3. The third-order valence-electron chi connectivity index (χ3n) is 12.8. The molecule has 18 heteroatoms. The molecule has 6 unspecified atom stereocenters. The molecule has 0 spiro atoms. The summed E-state index contributed by atoms with van der Waals surface area (Å²) >= 11 is 0. The second kappa shape index (κ2) is 19.5. The average Bonchev–Trinajstić information content (AvgIpc) is 3.80. The Morgan fingerprint density at radius 3 is 2.46 bits per heavy atom. The van der Waals surface area contributed by atoms with Crippen molar-refractivity contribution in [2.24, 2.45) is 22.9 Å². The maximum Gasteiger partial charge on any atom is 0.425 e. The zero-order valence-corrected chi connectivity index (χ0v) is 37.7. The summed E-state index contributed by atoms with van der Waals surface area (Å²) in [4.78, 5) is 58.4. The van der Waals surface area contributed by atoms with Crippen LogP contribution < -0.4 is 5.43 Å². The lowest BCUT2D eigenvalue weighted by Gasteiger charge is -2.47. The highest BCUT2D eigenvalue weighted by Gasteiger charge is 2.62. The summed E-state index contributed by atoms with van der Waals surface area (Å²) in [5.41, 5.74) is -0.686. The van der Waals surface area contributed by atoms with Gasteiger partial charge in [-0.2, -0.15) is 0 Å². The van der Waals surface area contributed by atoms with Crippen LogP contribution >= 0.6 is 0 Å². The van der Waals surface area contributed by atoms with Gasteiger partial charge in [0.05, 0.1) is 35.5 Å². The molecule has 0 aliphatic carbocycles. The number of hydrogen-bond acceptors (Lipinski definition) is 15. The first kappa shape index (κ1) is 48.0. The lowest BCUT2D eigenvalue weighted by Crippen LogP contribution is -2.62. The van der Waals surface area contributed by atoms with Gasteiger partial charge in [0, 0.05) is 68.1 Å². The lowest BCUT2D eigenvalue weighted by atomic mass is 9.73. The number of aliphatic hydroxyl groups is 1. The number of nitrogens with zero attached hydrogens (tertiary/aromatic N) is 6. The summed E-state index contributed by atoms with van der Waals surface area (Å²) < 4.78 is 49.9.